The molecule has 1 heterocycles. The second-order valence-electron chi connectivity index (χ2n) is 5.37. The van der Waals surface area contributed by atoms with Crippen molar-refractivity contribution in [2.24, 2.45) is 5.41 Å². The maximum absolute atomic E-state index is 12.3. The number of carbonyl (C=O) groups excluding carboxylic acids is 1. The molecule has 0 aromatic carbocycles. The molecule has 0 spiro atoms. The molecule has 0 aliphatic carbocycles. The first-order valence-corrected chi connectivity index (χ1v) is 7.39. The van der Waals surface area contributed by atoms with Gasteiger partial charge >= 0.3 is 12.0 Å². The molecule has 20 heavy (non-hydrogen) atoms. The Morgan fingerprint density at radius 3 is 2.25 bits per heavy atom. The number of aliphatic hydroxyl groups is 1. The van der Waals surface area contributed by atoms with Gasteiger partial charge < -0.3 is 20.0 Å². The standard InChI is InChI=1S/C14H26N2O4/c1-3-14(12(18)19)6-9-16(10-7-14)13(20)15(4-2)8-5-11-17/h17H,3-11H2,1-2H3,(H,18,19). The Morgan fingerprint density at radius 2 is 1.85 bits per heavy atom. The number of rotatable bonds is 6. The van der Waals surface area contributed by atoms with Gasteiger partial charge in [-0.3, -0.25) is 4.79 Å². The molecule has 1 saturated heterocycles. The zero-order chi connectivity index (χ0) is 15.2. The molecule has 0 atom stereocenters. The molecule has 0 aromatic rings. The number of hydrogen-bond acceptors (Lipinski definition) is 3. The number of hydrogen-bond donors (Lipinski definition) is 2. The number of carbonyl (C=O) groups is 2. The Kier molecular flexibility index (Phi) is 6.26. The van der Waals surface area contributed by atoms with Gasteiger partial charge in [0.15, 0.2) is 0 Å². The van der Waals surface area contributed by atoms with Crippen LogP contribution in [0.25, 0.3) is 0 Å². The molecular formula is C14H26N2O4. The second-order valence-corrected chi connectivity index (χ2v) is 5.37. The van der Waals surface area contributed by atoms with Crippen molar-refractivity contribution in [2.75, 3.05) is 32.8 Å². The SMILES string of the molecule is CCN(CCCO)C(=O)N1CCC(CC)(C(=O)O)CC1. The van der Waals surface area contributed by atoms with Crippen molar-refractivity contribution in [3.63, 3.8) is 0 Å². The van der Waals surface area contributed by atoms with E-state index < -0.39 is 11.4 Å². The minimum Gasteiger partial charge on any atom is -0.481 e. The largest absolute Gasteiger partial charge is 0.481 e. The summed E-state index contributed by atoms with van der Waals surface area (Å²) >= 11 is 0. The summed E-state index contributed by atoms with van der Waals surface area (Å²) in [6, 6.07) is -0.0453. The monoisotopic (exact) mass is 286 g/mol. The summed E-state index contributed by atoms with van der Waals surface area (Å²) in [7, 11) is 0. The highest BCUT2D eigenvalue weighted by atomic mass is 16.4. The highest BCUT2D eigenvalue weighted by molar-refractivity contribution is 5.77. The van der Waals surface area contributed by atoms with Crippen molar-refractivity contribution in [1.29, 1.82) is 0 Å². The van der Waals surface area contributed by atoms with Gasteiger partial charge in [0.1, 0.15) is 0 Å². The number of piperidine rings is 1. The van der Waals surface area contributed by atoms with Gasteiger partial charge in [-0.05, 0) is 32.6 Å². The maximum atomic E-state index is 12.3. The van der Waals surface area contributed by atoms with E-state index in [2.05, 4.69) is 0 Å². The molecule has 0 aromatic heterocycles. The Bertz CT molecular complexity index is 338. The van der Waals surface area contributed by atoms with Gasteiger partial charge in [0, 0.05) is 32.8 Å². The lowest BCUT2D eigenvalue weighted by atomic mass is 9.76. The summed E-state index contributed by atoms with van der Waals surface area (Å²) in [6.07, 6.45) is 2.21. The quantitative estimate of drug-likeness (QED) is 0.773. The number of amides is 2. The van der Waals surface area contributed by atoms with Crippen molar-refractivity contribution in [1.82, 2.24) is 9.80 Å². The lowest BCUT2D eigenvalue weighted by molar-refractivity contribution is -0.152. The number of likely N-dealkylation sites (tertiary alicyclic amines) is 1. The van der Waals surface area contributed by atoms with E-state index in [0.717, 1.165) is 0 Å². The molecule has 6 heteroatoms. The number of carboxylic acid groups (broad SMARTS) is 1. The average Bonchev–Trinajstić information content (AvgIpc) is 2.47. The number of nitrogens with zero attached hydrogens (tertiary/aromatic N) is 2. The van der Waals surface area contributed by atoms with Crippen LogP contribution in [-0.4, -0.2) is 64.8 Å². The smallest absolute Gasteiger partial charge is 0.319 e. The van der Waals surface area contributed by atoms with E-state index in [1.165, 1.54) is 0 Å². The molecule has 6 nitrogen and oxygen atoms in total. The Morgan fingerprint density at radius 1 is 1.25 bits per heavy atom. The maximum Gasteiger partial charge on any atom is 0.319 e. The summed E-state index contributed by atoms with van der Waals surface area (Å²) in [5.74, 6) is -0.750. The fraction of sp³-hybridized carbons (Fsp3) is 0.857. The van der Waals surface area contributed by atoms with Gasteiger partial charge in [-0.1, -0.05) is 6.92 Å². The van der Waals surface area contributed by atoms with Crippen LogP contribution in [0.3, 0.4) is 0 Å². The van der Waals surface area contributed by atoms with Gasteiger partial charge in [-0.2, -0.15) is 0 Å². The van der Waals surface area contributed by atoms with E-state index in [1.54, 1.807) is 9.80 Å². The first-order valence-electron chi connectivity index (χ1n) is 7.39. The van der Waals surface area contributed by atoms with Crippen LogP contribution in [0.15, 0.2) is 0 Å². The van der Waals surface area contributed by atoms with Crippen LogP contribution in [-0.2, 0) is 4.79 Å². The molecule has 0 unspecified atom stereocenters. The molecule has 1 aliphatic rings. The van der Waals surface area contributed by atoms with Crippen molar-refractivity contribution >= 4 is 12.0 Å². The van der Waals surface area contributed by atoms with Crippen LogP contribution in [0.2, 0.25) is 0 Å². The van der Waals surface area contributed by atoms with Gasteiger partial charge in [-0.15, -0.1) is 0 Å². The lowest BCUT2D eigenvalue weighted by Gasteiger charge is -2.40. The van der Waals surface area contributed by atoms with E-state index in [-0.39, 0.29) is 12.6 Å². The Labute approximate surface area is 120 Å². The predicted molar refractivity (Wildman–Crippen MR) is 75.5 cm³/mol. The van der Waals surface area contributed by atoms with E-state index in [4.69, 9.17) is 5.11 Å². The normalized spacial score (nSPS) is 17.9. The highest BCUT2D eigenvalue weighted by Gasteiger charge is 2.41. The van der Waals surface area contributed by atoms with Crippen LogP contribution in [0.1, 0.15) is 39.5 Å². The van der Waals surface area contributed by atoms with Crippen molar-refractivity contribution in [3.05, 3.63) is 0 Å². The topological polar surface area (TPSA) is 81.1 Å². The van der Waals surface area contributed by atoms with Crippen LogP contribution < -0.4 is 0 Å². The van der Waals surface area contributed by atoms with E-state index in [1.807, 2.05) is 13.8 Å². The third-order valence-corrected chi connectivity index (χ3v) is 4.36. The Hall–Kier alpha value is -1.30. The van der Waals surface area contributed by atoms with Crippen molar-refractivity contribution < 1.29 is 19.8 Å². The summed E-state index contributed by atoms with van der Waals surface area (Å²) in [4.78, 5) is 27.1. The van der Waals surface area contributed by atoms with Gasteiger partial charge in [0.2, 0.25) is 0 Å². The molecule has 1 fully saturated rings. The van der Waals surface area contributed by atoms with Gasteiger partial charge in [0.05, 0.1) is 5.41 Å². The molecule has 0 bridgehead atoms. The highest BCUT2D eigenvalue weighted by Crippen LogP contribution is 2.35. The number of carboxylic acids is 1. The molecule has 2 amide bonds. The number of urea groups is 1. The van der Waals surface area contributed by atoms with Crippen LogP contribution in [0.4, 0.5) is 4.79 Å². The molecule has 0 radical (unpaired) electrons. The van der Waals surface area contributed by atoms with Crippen LogP contribution in [0, 0.1) is 5.41 Å². The predicted octanol–water partition coefficient (Wildman–Crippen LogP) is 1.39. The minimum absolute atomic E-state index is 0.0453. The average molecular weight is 286 g/mol. The van der Waals surface area contributed by atoms with Crippen molar-refractivity contribution in [3.8, 4) is 0 Å². The fourth-order valence-electron chi connectivity index (χ4n) is 2.70. The van der Waals surface area contributed by atoms with Crippen LogP contribution in [0.5, 0.6) is 0 Å². The third kappa shape index (κ3) is 3.62. The fourth-order valence-corrected chi connectivity index (χ4v) is 2.70. The van der Waals surface area contributed by atoms with Gasteiger partial charge in [-0.25, -0.2) is 4.79 Å². The van der Waals surface area contributed by atoms with E-state index in [9.17, 15) is 14.7 Å². The molecule has 2 N–H and O–H groups in total. The molecule has 1 aliphatic heterocycles. The molecule has 0 saturated carbocycles. The summed E-state index contributed by atoms with van der Waals surface area (Å²) < 4.78 is 0. The van der Waals surface area contributed by atoms with E-state index >= 15 is 0 Å². The number of aliphatic hydroxyl groups excluding tert-OH is 1. The zero-order valence-corrected chi connectivity index (χ0v) is 12.5. The third-order valence-electron chi connectivity index (χ3n) is 4.36. The molecular weight excluding hydrogens is 260 g/mol. The lowest BCUT2D eigenvalue weighted by Crippen LogP contribution is -2.50. The summed E-state index contributed by atoms with van der Waals surface area (Å²) in [6.45, 7) is 6.01. The Balaban J connectivity index is 2.59. The van der Waals surface area contributed by atoms with Gasteiger partial charge in [0.25, 0.3) is 0 Å². The van der Waals surface area contributed by atoms with E-state index in [0.29, 0.717) is 51.9 Å². The first-order chi connectivity index (χ1) is 9.50. The summed E-state index contributed by atoms with van der Waals surface area (Å²) in [5, 5.41) is 18.2. The van der Waals surface area contributed by atoms with Crippen molar-refractivity contribution in [2.45, 2.75) is 39.5 Å². The number of aliphatic carboxylic acids is 1. The summed E-state index contributed by atoms with van der Waals surface area (Å²) in [5.41, 5.74) is -0.668. The molecule has 116 valence electrons. The second kappa shape index (κ2) is 7.47. The zero-order valence-electron chi connectivity index (χ0n) is 12.5. The first kappa shape index (κ1) is 16.8. The molecule has 1 rings (SSSR count). The van der Waals surface area contributed by atoms with Crippen LogP contribution >= 0.6 is 0 Å². The minimum atomic E-state index is -0.750.